The zero-order chi connectivity index (χ0) is 17.8. The van der Waals surface area contributed by atoms with Gasteiger partial charge in [-0.15, -0.1) is 0 Å². The standard InChI is InChI=1S/C22H18N4/c23-12-17-6-8-18(9-7-17)13-24-15-22-21(19-4-2-1-3-5-19)11-10-20-14-25-16-26(20)22/h1-11,14,16,24H,13,15H2. The van der Waals surface area contributed by atoms with Gasteiger partial charge in [-0.2, -0.15) is 5.26 Å². The van der Waals surface area contributed by atoms with E-state index >= 15 is 0 Å². The Bertz CT molecular complexity index is 1060. The van der Waals surface area contributed by atoms with Crippen LogP contribution in [-0.2, 0) is 13.1 Å². The van der Waals surface area contributed by atoms with Crippen LogP contribution in [0, 0.1) is 11.3 Å². The molecule has 26 heavy (non-hydrogen) atoms. The Labute approximate surface area is 152 Å². The van der Waals surface area contributed by atoms with Crippen LogP contribution < -0.4 is 5.32 Å². The Kier molecular flexibility index (Phi) is 4.46. The molecule has 0 aliphatic rings. The average molecular weight is 338 g/mol. The maximum Gasteiger partial charge on any atom is 0.0994 e. The summed E-state index contributed by atoms with van der Waals surface area (Å²) in [4.78, 5) is 4.29. The van der Waals surface area contributed by atoms with Crippen molar-refractivity contribution in [2.24, 2.45) is 0 Å². The molecule has 2 aromatic heterocycles. The van der Waals surface area contributed by atoms with Crippen LogP contribution in [0.2, 0.25) is 0 Å². The molecule has 4 rings (SSSR count). The predicted molar refractivity (Wildman–Crippen MR) is 102 cm³/mol. The smallest absolute Gasteiger partial charge is 0.0994 e. The number of fused-ring (bicyclic) bond motifs is 1. The summed E-state index contributed by atoms with van der Waals surface area (Å²) in [6.07, 6.45) is 3.74. The SMILES string of the molecule is N#Cc1ccc(CNCc2c(-c3ccccc3)ccc3cncn23)cc1. The number of aromatic nitrogens is 2. The Morgan fingerprint density at radius 3 is 2.50 bits per heavy atom. The Morgan fingerprint density at radius 2 is 1.73 bits per heavy atom. The van der Waals surface area contributed by atoms with Crippen LogP contribution in [-0.4, -0.2) is 9.38 Å². The molecular weight excluding hydrogens is 320 g/mol. The summed E-state index contributed by atoms with van der Waals surface area (Å²) in [6, 6.07) is 24.5. The van der Waals surface area contributed by atoms with E-state index in [1.165, 1.54) is 16.8 Å². The first kappa shape index (κ1) is 16.1. The lowest BCUT2D eigenvalue weighted by molar-refractivity contribution is 0.674. The number of nitrogens with one attached hydrogen (secondary N) is 1. The van der Waals surface area contributed by atoms with Crippen molar-refractivity contribution in [2.75, 3.05) is 0 Å². The van der Waals surface area contributed by atoms with Crippen LogP contribution in [0.25, 0.3) is 16.6 Å². The third-order valence-corrected chi connectivity index (χ3v) is 4.48. The van der Waals surface area contributed by atoms with Gasteiger partial charge in [0, 0.05) is 24.3 Å². The number of rotatable bonds is 5. The van der Waals surface area contributed by atoms with Crippen LogP contribution in [0.4, 0.5) is 0 Å². The van der Waals surface area contributed by atoms with E-state index < -0.39 is 0 Å². The van der Waals surface area contributed by atoms with Gasteiger partial charge in [0.2, 0.25) is 0 Å². The minimum Gasteiger partial charge on any atom is -0.307 e. The van der Waals surface area contributed by atoms with Crippen LogP contribution in [0.3, 0.4) is 0 Å². The summed E-state index contributed by atoms with van der Waals surface area (Å²) in [5.74, 6) is 0. The highest BCUT2D eigenvalue weighted by Gasteiger charge is 2.09. The first-order chi connectivity index (χ1) is 12.8. The summed E-state index contributed by atoms with van der Waals surface area (Å²) in [5.41, 5.74) is 6.49. The van der Waals surface area contributed by atoms with Gasteiger partial charge in [0.05, 0.1) is 29.7 Å². The Balaban J connectivity index is 1.60. The van der Waals surface area contributed by atoms with Crippen molar-refractivity contribution in [3.05, 3.63) is 96.1 Å². The highest BCUT2D eigenvalue weighted by Crippen LogP contribution is 2.25. The third-order valence-electron chi connectivity index (χ3n) is 4.48. The van der Waals surface area contributed by atoms with Gasteiger partial charge in [0.15, 0.2) is 0 Å². The summed E-state index contributed by atoms with van der Waals surface area (Å²) < 4.78 is 2.13. The minimum atomic E-state index is 0.684. The second-order valence-corrected chi connectivity index (χ2v) is 6.16. The molecule has 4 heteroatoms. The fraction of sp³-hybridized carbons (Fsp3) is 0.0909. The number of nitrogens with zero attached hydrogens (tertiary/aromatic N) is 3. The third kappa shape index (κ3) is 3.21. The van der Waals surface area contributed by atoms with Gasteiger partial charge in [0.1, 0.15) is 0 Å². The molecule has 0 bridgehead atoms. The van der Waals surface area contributed by atoms with Crippen molar-refractivity contribution in [3.63, 3.8) is 0 Å². The van der Waals surface area contributed by atoms with Gasteiger partial charge in [-0.25, -0.2) is 4.98 Å². The van der Waals surface area contributed by atoms with Crippen molar-refractivity contribution in [3.8, 4) is 17.2 Å². The van der Waals surface area contributed by atoms with E-state index in [1.54, 1.807) is 0 Å². The van der Waals surface area contributed by atoms with Crippen molar-refractivity contribution in [2.45, 2.75) is 13.1 Å². The first-order valence-electron chi connectivity index (χ1n) is 8.54. The van der Waals surface area contributed by atoms with Crippen molar-refractivity contribution < 1.29 is 0 Å². The topological polar surface area (TPSA) is 53.1 Å². The molecule has 2 heterocycles. The fourth-order valence-corrected chi connectivity index (χ4v) is 3.13. The van der Waals surface area contributed by atoms with Crippen molar-refractivity contribution in [1.82, 2.24) is 14.7 Å². The van der Waals surface area contributed by atoms with Gasteiger partial charge >= 0.3 is 0 Å². The second kappa shape index (κ2) is 7.22. The zero-order valence-corrected chi connectivity index (χ0v) is 14.3. The van der Waals surface area contributed by atoms with Gasteiger partial charge in [-0.3, -0.25) is 0 Å². The molecule has 0 unspecified atom stereocenters. The number of hydrogen-bond acceptors (Lipinski definition) is 3. The van der Waals surface area contributed by atoms with Crippen LogP contribution in [0.15, 0.2) is 79.3 Å². The Hall–Kier alpha value is -3.42. The number of benzene rings is 2. The molecule has 126 valence electrons. The molecule has 0 atom stereocenters. The van der Waals surface area contributed by atoms with Crippen molar-refractivity contribution in [1.29, 1.82) is 5.26 Å². The maximum atomic E-state index is 8.90. The molecule has 0 saturated heterocycles. The fourth-order valence-electron chi connectivity index (χ4n) is 3.13. The van der Waals surface area contributed by atoms with E-state index in [0.29, 0.717) is 5.56 Å². The van der Waals surface area contributed by atoms with Crippen LogP contribution in [0.1, 0.15) is 16.8 Å². The number of nitriles is 1. The van der Waals surface area contributed by atoms with Gasteiger partial charge in [-0.1, -0.05) is 48.5 Å². The Morgan fingerprint density at radius 1 is 0.923 bits per heavy atom. The largest absolute Gasteiger partial charge is 0.307 e. The van der Waals surface area contributed by atoms with Gasteiger partial charge in [0.25, 0.3) is 0 Å². The number of imidazole rings is 1. The molecule has 0 saturated carbocycles. The van der Waals surface area contributed by atoms with E-state index in [9.17, 15) is 0 Å². The highest BCUT2D eigenvalue weighted by atomic mass is 15.0. The monoisotopic (exact) mass is 338 g/mol. The minimum absolute atomic E-state index is 0.684. The lowest BCUT2D eigenvalue weighted by Gasteiger charge is -2.14. The van der Waals surface area contributed by atoms with E-state index in [-0.39, 0.29) is 0 Å². The molecule has 0 aliphatic carbocycles. The highest BCUT2D eigenvalue weighted by molar-refractivity contribution is 5.69. The lowest BCUT2D eigenvalue weighted by atomic mass is 10.0. The normalized spacial score (nSPS) is 10.7. The molecule has 4 aromatic rings. The molecule has 0 fully saturated rings. The molecule has 0 aliphatic heterocycles. The summed E-state index contributed by atoms with van der Waals surface area (Å²) in [7, 11) is 0. The molecule has 0 spiro atoms. The predicted octanol–water partition coefficient (Wildman–Crippen LogP) is 4.16. The second-order valence-electron chi connectivity index (χ2n) is 6.16. The van der Waals surface area contributed by atoms with Crippen LogP contribution >= 0.6 is 0 Å². The molecule has 2 aromatic carbocycles. The van der Waals surface area contributed by atoms with E-state index in [1.807, 2.05) is 42.9 Å². The van der Waals surface area contributed by atoms with E-state index in [0.717, 1.165) is 24.2 Å². The lowest BCUT2D eigenvalue weighted by Crippen LogP contribution is -2.16. The number of pyridine rings is 1. The summed E-state index contributed by atoms with van der Waals surface area (Å²) in [5, 5.41) is 12.4. The van der Waals surface area contributed by atoms with Crippen molar-refractivity contribution >= 4 is 5.52 Å². The maximum absolute atomic E-state index is 8.90. The summed E-state index contributed by atoms with van der Waals surface area (Å²) >= 11 is 0. The average Bonchev–Trinajstić information content (AvgIpc) is 3.18. The molecule has 4 nitrogen and oxygen atoms in total. The van der Waals surface area contributed by atoms with E-state index in [4.69, 9.17) is 5.26 Å². The zero-order valence-electron chi connectivity index (χ0n) is 14.3. The van der Waals surface area contributed by atoms with Gasteiger partial charge in [-0.05, 0) is 29.3 Å². The summed E-state index contributed by atoms with van der Waals surface area (Å²) in [6.45, 7) is 1.46. The van der Waals surface area contributed by atoms with Crippen LogP contribution in [0.5, 0.6) is 0 Å². The van der Waals surface area contributed by atoms with E-state index in [2.05, 4.69) is 57.2 Å². The molecule has 1 N–H and O–H groups in total. The van der Waals surface area contributed by atoms with Gasteiger partial charge < -0.3 is 9.72 Å². The molecule has 0 radical (unpaired) electrons. The molecular formula is C22H18N4. The molecule has 0 amide bonds. The first-order valence-corrected chi connectivity index (χ1v) is 8.54. The number of hydrogen-bond donors (Lipinski definition) is 1. The quantitative estimate of drug-likeness (QED) is 0.594.